The van der Waals surface area contributed by atoms with Crippen LogP contribution in [-0.4, -0.2) is 32.6 Å². The third kappa shape index (κ3) is 3.20. The Hall–Kier alpha value is -1.62. The van der Waals surface area contributed by atoms with Crippen molar-refractivity contribution in [2.75, 3.05) is 31.6 Å². The molecule has 1 heterocycles. The number of anilines is 1. The summed E-state index contributed by atoms with van der Waals surface area (Å²) in [5, 5.41) is 5.82. The molecule has 0 unspecified atom stereocenters. The average molecular weight is 251 g/mol. The summed E-state index contributed by atoms with van der Waals surface area (Å²) in [5.41, 5.74) is 1.76. The van der Waals surface area contributed by atoms with E-state index in [1.165, 1.54) is 12.1 Å². The molecule has 0 aromatic heterocycles. The monoisotopic (exact) mass is 251 g/mol. The van der Waals surface area contributed by atoms with E-state index < -0.39 is 0 Å². The maximum absolute atomic E-state index is 13.5. The minimum atomic E-state index is -0.235. The van der Waals surface area contributed by atoms with E-state index in [1.54, 1.807) is 0 Å². The first kappa shape index (κ1) is 12.8. The van der Waals surface area contributed by atoms with Crippen LogP contribution in [0.25, 0.3) is 0 Å². The second kappa shape index (κ2) is 5.82. The fourth-order valence-electron chi connectivity index (χ4n) is 2.15. The summed E-state index contributed by atoms with van der Waals surface area (Å²) < 4.78 is 13.5. The fourth-order valence-corrected chi connectivity index (χ4v) is 2.15. The molecule has 1 amide bonds. The molecule has 1 fully saturated rings. The van der Waals surface area contributed by atoms with E-state index in [0.717, 1.165) is 11.3 Å². The molecule has 2 rings (SSSR count). The molecule has 0 radical (unpaired) electrons. The first-order valence-electron chi connectivity index (χ1n) is 6.15. The Morgan fingerprint density at radius 2 is 2.22 bits per heavy atom. The third-order valence-electron chi connectivity index (χ3n) is 3.00. The van der Waals surface area contributed by atoms with Crippen molar-refractivity contribution in [2.45, 2.75) is 13.0 Å². The van der Waals surface area contributed by atoms with E-state index in [2.05, 4.69) is 10.6 Å². The van der Waals surface area contributed by atoms with Gasteiger partial charge in [-0.05, 0) is 30.8 Å². The van der Waals surface area contributed by atoms with Gasteiger partial charge in [-0.3, -0.25) is 4.79 Å². The SMILES string of the molecule is CNCc1cc(F)cc(N2CCNC(=O)CC2)c1. The van der Waals surface area contributed by atoms with Crippen LogP contribution in [0, 0.1) is 5.82 Å². The largest absolute Gasteiger partial charge is 0.369 e. The van der Waals surface area contributed by atoms with E-state index in [0.29, 0.717) is 32.6 Å². The van der Waals surface area contributed by atoms with Crippen molar-refractivity contribution in [2.24, 2.45) is 0 Å². The number of nitrogens with zero attached hydrogens (tertiary/aromatic N) is 1. The summed E-state index contributed by atoms with van der Waals surface area (Å²) in [4.78, 5) is 13.3. The second-order valence-electron chi connectivity index (χ2n) is 4.44. The summed E-state index contributed by atoms with van der Waals surface area (Å²) in [6.45, 7) is 2.59. The molecule has 1 aromatic rings. The molecular weight excluding hydrogens is 233 g/mol. The minimum absolute atomic E-state index is 0.0596. The van der Waals surface area contributed by atoms with Crippen molar-refractivity contribution in [1.82, 2.24) is 10.6 Å². The Bertz CT molecular complexity index is 436. The Morgan fingerprint density at radius 1 is 1.39 bits per heavy atom. The van der Waals surface area contributed by atoms with Gasteiger partial charge in [0, 0.05) is 38.3 Å². The Morgan fingerprint density at radius 3 is 3.00 bits per heavy atom. The van der Waals surface area contributed by atoms with Gasteiger partial charge in [-0.1, -0.05) is 0 Å². The molecular formula is C13H18FN3O. The number of halogens is 1. The van der Waals surface area contributed by atoms with Gasteiger partial charge in [0.15, 0.2) is 0 Å². The summed E-state index contributed by atoms with van der Waals surface area (Å²) in [5.74, 6) is -0.175. The van der Waals surface area contributed by atoms with Gasteiger partial charge in [0.25, 0.3) is 0 Å². The van der Waals surface area contributed by atoms with Crippen LogP contribution >= 0.6 is 0 Å². The number of hydrogen-bond donors (Lipinski definition) is 2. The molecule has 1 aromatic carbocycles. The van der Waals surface area contributed by atoms with Gasteiger partial charge >= 0.3 is 0 Å². The number of rotatable bonds is 3. The van der Waals surface area contributed by atoms with Gasteiger partial charge in [-0.15, -0.1) is 0 Å². The highest BCUT2D eigenvalue weighted by Crippen LogP contribution is 2.19. The zero-order valence-electron chi connectivity index (χ0n) is 10.5. The zero-order chi connectivity index (χ0) is 13.0. The minimum Gasteiger partial charge on any atom is -0.369 e. The number of carbonyl (C=O) groups excluding carboxylic acids is 1. The van der Waals surface area contributed by atoms with Crippen molar-refractivity contribution in [3.8, 4) is 0 Å². The lowest BCUT2D eigenvalue weighted by Gasteiger charge is -2.22. The van der Waals surface area contributed by atoms with Crippen molar-refractivity contribution in [3.63, 3.8) is 0 Å². The van der Waals surface area contributed by atoms with Gasteiger partial charge < -0.3 is 15.5 Å². The lowest BCUT2D eigenvalue weighted by molar-refractivity contribution is -0.120. The van der Waals surface area contributed by atoms with E-state index in [-0.39, 0.29) is 11.7 Å². The van der Waals surface area contributed by atoms with Gasteiger partial charge in [0.05, 0.1) is 0 Å². The summed E-state index contributed by atoms with van der Waals surface area (Å²) in [6, 6.07) is 5.02. The molecule has 5 heteroatoms. The topological polar surface area (TPSA) is 44.4 Å². The molecule has 0 spiro atoms. The van der Waals surface area contributed by atoms with Crippen molar-refractivity contribution in [3.05, 3.63) is 29.6 Å². The molecule has 98 valence electrons. The summed E-state index contributed by atoms with van der Waals surface area (Å²) >= 11 is 0. The number of amides is 1. The third-order valence-corrected chi connectivity index (χ3v) is 3.00. The summed E-state index contributed by atoms with van der Waals surface area (Å²) in [7, 11) is 1.83. The molecule has 4 nitrogen and oxygen atoms in total. The van der Waals surface area contributed by atoms with Crippen LogP contribution in [0.4, 0.5) is 10.1 Å². The lowest BCUT2D eigenvalue weighted by atomic mass is 10.1. The van der Waals surface area contributed by atoms with Crippen molar-refractivity contribution >= 4 is 11.6 Å². The summed E-state index contributed by atoms with van der Waals surface area (Å²) in [6.07, 6.45) is 0.456. The first-order valence-corrected chi connectivity index (χ1v) is 6.15. The molecule has 1 aliphatic heterocycles. The molecule has 1 aliphatic rings. The number of carbonyl (C=O) groups is 1. The molecule has 0 bridgehead atoms. The van der Waals surface area contributed by atoms with Crippen LogP contribution in [0.1, 0.15) is 12.0 Å². The van der Waals surface area contributed by atoms with Gasteiger partial charge in [-0.25, -0.2) is 4.39 Å². The first-order chi connectivity index (χ1) is 8.69. The van der Waals surface area contributed by atoms with Crippen LogP contribution in [-0.2, 0) is 11.3 Å². The van der Waals surface area contributed by atoms with Gasteiger partial charge in [0.2, 0.25) is 5.91 Å². The quantitative estimate of drug-likeness (QED) is 0.838. The van der Waals surface area contributed by atoms with Crippen molar-refractivity contribution in [1.29, 1.82) is 0 Å². The fraction of sp³-hybridized carbons (Fsp3) is 0.462. The average Bonchev–Trinajstić information content (AvgIpc) is 2.54. The number of nitrogens with one attached hydrogen (secondary N) is 2. The van der Waals surface area contributed by atoms with Crippen LogP contribution in [0.3, 0.4) is 0 Å². The Labute approximate surface area is 106 Å². The standard InChI is InChI=1S/C13H18FN3O/c1-15-9-10-6-11(14)8-12(7-10)17-4-2-13(18)16-3-5-17/h6-8,15H,2-5,9H2,1H3,(H,16,18). The smallest absolute Gasteiger partial charge is 0.221 e. The van der Waals surface area contributed by atoms with Crippen LogP contribution in [0.2, 0.25) is 0 Å². The Balaban J connectivity index is 2.18. The van der Waals surface area contributed by atoms with E-state index in [1.807, 2.05) is 18.0 Å². The molecule has 1 saturated heterocycles. The maximum Gasteiger partial charge on any atom is 0.221 e. The molecule has 18 heavy (non-hydrogen) atoms. The Kier molecular flexibility index (Phi) is 4.15. The van der Waals surface area contributed by atoms with Crippen LogP contribution in [0.15, 0.2) is 18.2 Å². The highest BCUT2D eigenvalue weighted by Gasteiger charge is 2.14. The zero-order valence-corrected chi connectivity index (χ0v) is 10.5. The maximum atomic E-state index is 13.5. The van der Waals surface area contributed by atoms with Crippen molar-refractivity contribution < 1.29 is 9.18 Å². The van der Waals surface area contributed by atoms with E-state index in [4.69, 9.17) is 0 Å². The number of benzene rings is 1. The second-order valence-corrected chi connectivity index (χ2v) is 4.44. The van der Waals surface area contributed by atoms with E-state index >= 15 is 0 Å². The van der Waals surface area contributed by atoms with Gasteiger partial charge in [0.1, 0.15) is 5.82 Å². The van der Waals surface area contributed by atoms with Crippen LogP contribution in [0.5, 0.6) is 0 Å². The predicted molar refractivity (Wildman–Crippen MR) is 69.0 cm³/mol. The highest BCUT2D eigenvalue weighted by molar-refractivity contribution is 5.77. The molecule has 2 N–H and O–H groups in total. The molecule has 0 saturated carbocycles. The predicted octanol–water partition coefficient (Wildman–Crippen LogP) is 0.871. The lowest BCUT2D eigenvalue weighted by Crippen LogP contribution is -2.28. The highest BCUT2D eigenvalue weighted by atomic mass is 19.1. The molecule has 0 atom stereocenters. The molecule has 0 aliphatic carbocycles. The number of hydrogen-bond acceptors (Lipinski definition) is 3. The van der Waals surface area contributed by atoms with E-state index in [9.17, 15) is 9.18 Å². The van der Waals surface area contributed by atoms with Crippen LogP contribution < -0.4 is 15.5 Å². The van der Waals surface area contributed by atoms with Gasteiger partial charge in [-0.2, -0.15) is 0 Å². The normalized spacial score (nSPS) is 16.3.